The second kappa shape index (κ2) is 5.42. The minimum absolute atomic E-state index is 0.323. The highest BCUT2D eigenvalue weighted by molar-refractivity contribution is 5.82. The fraction of sp³-hybridized carbons (Fsp3) is 0.533. The molecule has 0 fully saturated rings. The van der Waals surface area contributed by atoms with Crippen LogP contribution in [0.25, 0.3) is 0 Å². The molecule has 0 saturated heterocycles. The van der Waals surface area contributed by atoms with Gasteiger partial charge >= 0.3 is 5.97 Å². The van der Waals surface area contributed by atoms with Gasteiger partial charge in [0.1, 0.15) is 5.54 Å². The van der Waals surface area contributed by atoms with Crippen LogP contribution in [0.1, 0.15) is 38.3 Å². The maximum atomic E-state index is 11.5. The Morgan fingerprint density at radius 2 is 2.00 bits per heavy atom. The van der Waals surface area contributed by atoms with Gasteiger partial charge in [-0.15, -0.1) is 0 Å². The third-order valence-electron chi connectivity index (χ3n) is 3.30. The molecule has 0 aliphatic heterocycles. The second-order valence-electron chi connectivity index (χ2n) is 5.61. The van der Waals surface area contributed by atoms with E-state index in [1.54, 1.807) is 6.92 Å². The van der Waals surface area contributed by atoms with Crippen LogP contribution in [0.5, 0.6) is 0 Å². The topological polar surface area (TPSA) is 49.3 Å². The summed E-state index contributed by atoms with van der Waals surface area (Å²) in [5, 5.41) is 12.6. The van der Waals surface area contributed by atoms with Gasteiger partial charge < -0.3 is 10.4 Å². The molecular weight excluding hydrogens is 226 g/mol. The van der Waals surface area contributed by atoms with Crippen molar-refractivity contribution in [2.75, 3.05) is 5.32 Å². The average molecular weight is 249 g/mol. The quantitative estimate of drug-likeness (QED) is 0.838. The van der Waals surface area contributed by atoms with Gasteiger partial charge in [0, 0.05) is 5.69 Å². The van der Waals surface area contributed by atoms with E-state index in [0.717, 1.165) is 16.8 Å². The number of anilines is 1. The zero-order valence-corrected chi connectivity index (χ0v) is 11.9. The fourth-order valence-electron chi connectivity index (χ4n) is 2.19. The summed E-state index contributed by atoms with van der Waals surface area (Å²) in [6.45, 7) is 9.85. The predicted molar refractivity (Wildman–Crippen MR) is 75.0 cm³/mol. The molecule has 3 heteroatoms. The molecule has 18 heavy (non-hydrogen) atoms. The monoisotopic (exact) mass is 249 g/mol. The molecule has 1 unspecified atom stereocenters. The van der Waals surface area contributed by atoms with E-state index >= 15 is 0 Å². The highest BCUT2D eigenvalue weighted by Gasteiger charge is 2.34. The van der Waals surface area contributed by atoms with E-state index in [9.17, 15) is 9.90 Å². The Labute approximate surface area is 109 Å². The van der Waals surface area contributed by atoms with Crippen LogP contribution in [0.2, 0.25) is 0 Å². The van der Waals surface area contributed by atoms with E-state index < -0.39 is 11.5 Å². The Balaban J connectivity index is 3.04. The summed E-state index contributed by atoms with van der Waals surface area (Å²) in [6.07, 6.45) is 0.593. The number of aryl methyl sites for hydroxylation is 1. The van der Waals surface area contributed by atoms with Crippen LogP contribution in [-0.4, -0.2) is 16.6 Å². The number of carbonyl (C=O) groups is 1. The molecule has 0 heterocycles. The number of benzene rings is 1. The number of hydrogen-bond acceptors (Lipinski definition) is 2. The van der Waals surface area contributed by atoms with Crippen LogP contribution in [0.4, 0.5) is 5.69 Å². The SMILES string of the molecule is Cc1cccc(NC(C)(CC(C)C)C(=O)O)c1C. The minimum atomic E-state index is -0.924. The molecular formula is C15H23NO2. The van der Waals surface area contributed by atoms with Crippen molar-refractivity contribution in [3.8, 4) is 0 Å². The lowest BCUT2D eigenvalue weighted by molar-refractivity contribution is -0.142. The Bertz CT molecular complexity index is 440. The number of hydrogen-bond donors (Lipinski definition) is 2. The van der Waals surface area contributed by atoms with Gasteiger partial charge in [-0.2, -0.15) is 0 Å². The molecule has 1 rings (SSSR count). The predicted octanol–water partition coefficient (Wildman–Crippen LogP) is 3.60. The zero-order valence-electron chi connectivity index (χ0n) is 11.9. The van der Waals surface area contributed by atoms with Crippen molar-refractivity contribution in [2.45, 2.75) is 46.6 Å². The summed E-state index contributed by atoms with van der Waals surface area (Å²) in [5.74, 6) is -0.485. The third kappa shape index (κ3) is 3.25. The molecule has 1 aromatic carbocycles. The molecule has 1 atom stereocenters. The molecule has 0 amide bonds. The van der Waals surface area contributed by atoms with Gasteiger partial charge in [-0.1, -0.05) is 26.0 Å². The lowest BCUT2D eigenvalue weighted by Crippen LogP contribution is -2.44. The molecule has 0 aliphatic rings. The summed E-state index contributed by atoms with van der Waals surface area (Å²) in [7, 11) is 0. The van der Waals surface area contributed by atoms with Crippen LogP contribution in [0.15, 0.2) is 18.2 Å². The van der Waals surface area contributed by atoms with Crippen LogP contribution in [0.3, 0.4) is 0 Å². The van der Waals surface area contributed by atoms with E-state index in [2.05, 4.69) is 5.32 Å². The van der Waals surface area contributed by atoms with Crippen molar-refractivity contribution >= 4 is 11.7 Å². The largest absolute Gasteiger partial charge is 0.480 e. The number of nitrogens with one attached hydrogen (secondary N) is 1. The Morgan fingerprint density at radius 3 is 2.50 bits per heavy atom. The van der Waals surface area contributed by atoms with Gasteiger partial charge in [0.05, 0.1) is 0 Å². The second-order valence-corrected chi connectivity index (χ2v) is 5.61. The van der Waals surface area contributed by atoms with E-state index in [0.29, 0.717) is 12.3 Å². The molecule has 0 aliphatic carbocycles. The Hall–Kier alpha value is -1.51. The molecule has 2 N–H and O–H groups in total. The van der Waals surface area contributed by atoms with Crippen LogP contribution >= 0.6 is 0 Å². The number of rotatable bonds is 5. The summed E-state index contributed by atoms with van der Waals surface area (Å²) < 4.78 is 0. The number of aliphatic carboxylic acids is 1. The van der Waals surface area contributed by atoms with Crippen LogP contribution < -0.4 is 5.32 Å². The molecule has 0 bridgehead atoms. The maximum absolute atomic E-state index is 11.5. The van der Waals surface area contributed by atoms with Gasteiger partial charge in [0.25, 0.3) is 0 Å². The van der Waals surface area contributed by atoms with Gasteiger partial charge in [-0.3, -0.25) is 0 Å². The third-order valence-corrected chi connectivity index (χ3v) is 3.30. The fourth-order valence-corrected chi connectivity index (χ4v) is 2.19. The smallest absolute Gasteiger partial charge is 0.329 e. The van der Waals surface area contributed by atoms with Crippen LogP contribution in [-0.2, 0) is 4.79 Å². The standard InChI is InChI=1S/C15H23NO2/c1-10(2)9-15(5,14(17)18)16-13-8-6-7-11(3)12(13)4/h6-8,10,16H,9H2,1-5H3,(H,17,18). The normalized spacial score (nSPS) is 14.3. The first-order valence-electron chi connectivity index (χ1n) is 6.34. The van der Waals surface area contributed by atoms with Crippen molar-refractivity contribution < 1.29 is 9.90 Å². The van der Waals surface area contributed by atoms with Crippen LogP contribution in [0, 0.1) is 19.8 Å². The van der Waals surface area contributed by atoms with Gasteiger partial charge in [0.15, 0.2) is 0 Å². The first-order chi connectivity index (χ1) is 8.26. The first kappa shape index (κ1) is 14.6. The molecule has 0 spiro atoms. The van der Waals surface area contributed by atoms with Crippen molar-refractivity contribution in [2.24, 2.45) is 5.92 Å². The molecule has 0 aromatic heterocycles. The minimum Gasteiger partial charge on any atom is -0.480 e. The highest BCUT2D eigenvalue weighted by atomic mass is 16.4. The Morgan fingerprint density at radius 1 is 1.39 bits per heavy atom. The van der Waals surface area contributed by atoms with Crippen molar-refractivity contribution in [1.29, 1.82) is 0 Å². The lowest BCUT2D eigenvalue weighted by Gasteiger charge is -2.30. The first-order valence-corrected chi connectivity index (χ1v) is 6.34. The lowest BCUT2D eigenvalue weighted by atomic mass is 9.90. The van der Waals surface area contributed by atoms with E-state index in [1.165, 1.54) is 0 Å². The van der Waals surface area contributed by atoms with E-state index in [1.807, 2.05) is 45.9 Å². The van der Waals surface area contributed by atoms with Crippen molar-refractivity contribution in [3.05, 3.63) is 29.3 Å². The van der Waals surface area contributed by atoms with Gasteiger partial charge in [0.2, 0.25) is 0 Å². The van der Waals surface area contributed by atoms with Crippen molar-refractivity contribution in [1.82, 2.24) is 0 Å². The summed E-state index contributed by atoms with van der Waals surface area (Å²) in [5.41, 5.74) is 2.25. The molecule has 0 radical (unpaired) electrons. The van der Waals surface area contributed by atoms with E-state index in [-0.39, 0.29) is 0 Å². The van der Waals surface area contributed by atoms with E-state index in [4.69, 9.17) is 0 Å². The van der Waals surface area contributed by atoms with Crippen molar-refractivity contribution in [3.63, 3.8) is 0 Å². The summed E-state index contributed by atoms with van der Waals surface area (Å²) >= 11 is 0. The summed E-state index contributed by atoms with van der Waals surface area (Å²) in [4.78, 5) is 11.5. The maximum Gasteiger partial charge on any atom is 0.329 e. The zero-order chi connectivity index (χ0) is 13.9. The molecule has 3 nitrogen and oxygen atoms in total. The molecule has 0 saturated carbocycles. The van der Waals surface area contributed by atoms with Gasteiger partial charge in [-0.25, -0.2) is 4.79 Å². The molecule has 100 valence electrons. The Kier molecular flexibility index (Phi) is 4.38. The van der Waals surface area contributed by atoms with Gasteiger partial charge in [-0.05, 0) is 50.3 Å². The number of carboxylic acids is 1. The summed E-state index contributed by atoms with van der Waals surface area (Å²) in [6, 6.07) is 5.91. The molecule has 1 aromatic rings. The average Bonchev–Trinajstić information content (AvgIpc) is 2.23. The number of carboxylic acid groups (broad SMARTS) is 1. The highest BCUT2D eigenvalue weighted by Crippen LogP contribution is 2.26.